The molecule has 1 aromatic heterocycles. The number of ether oxygens (including phenoxy) is 2. The maximum Gasteiger partial charge on any atom is 0.341 e. The molecule has 1 heterocycles. The van der Waals surface area contributed by atoms with Crippen molar-refractivity contribution in [3.8, 4) is 5.75 Å². The molecule has 5 nitrogen and oxygen atoms in total. The van der Waals surface area contributed by atoms with E-state index >= 15 is 0 Å². The number of amides is 1. The van der Waals surface area contributed by atoms with Gasteiger partial charge in [0.1, 0.15) is 24.0 Å². The number of thiophene rings is 1. The Morgan fingerprint density at radius 3 is 2.46 bits per heavy atom. The molecule has 0 radical (unpaired) electrons. The molecule has 0 aliphatic carbocycles. The zero-order chi connectivity index (χ0) is 17.7. The quantitative estimate of drug-likeness (QED) is 0.567. The maximum atomic E-state index is 12.3. The third kappa shape index (κ3) is 4.82. The van der Waals surface area contributed by atoms with Gasteiger partial charge in [-0.25, -0.2) is 4.79 Å². The van der Waals surface area contributed by atoms with Crippen molar-refractivity contribution >= 4 is 44.1 Å². The number of carbonyl (C=O) groups is 2. The lowest BCUT2D eigenvalue weighted by atomic mass is 10.1. The van der Waals surface area contributed by atoms with Gasteiger partial charge in [-0.3, -0.25) is 4.79 Å². The van der Waals surface area contributed by atoms with Gasteiger partial charge in [-0.2, -0.15) is 0 Å². The summed E-state index contributed by atoms with van der Waals surface area (Å²) in [5.74, 6) is 0.0274. The summed E-state index contributed by atoms with van der Waals surface area (Å²) in [5.41, 5.74) is 1.24. The molecule has 0 atom stereocenters. The molecule has 0 saturated carbocycles. The Labute approximate surface area is 153 Å². The monoisotopic (exact) mass is 411 g/mol. The highest BCUT2D eigenvalue weighted by Crippen LogP contribution is 2.32. The topological polar surface area (TPSA) is 64.6 Å². The molecule has 7 heteroatoms. The van der Waals surface area contributed by atoms with Crippen LogP contribution in [0.15, 0.2) is 28.7 Å². The Morgan fingerprint density at radius 1 is 1.17 bits per heavy atom. The van der Waals surface area contributed by atoms with E-state index in [-0.39, 0.29) is 19.1 Å². The van der Waals surface area contributed by atoms with Gasteiger partial charge >= 0.3 is 5.97 Å². The fourth-order valence-electron chi connectivity index (χ4n) is 2.02. The SMILES string of the molecule is CC(=O)Nc1sc(C)c(C)c1C(=O)OCCOc1ccc(Br)cc1. The molecule has 1 amide bonds. The van der Waals surface area contributed by atoms with Crippen molar-refractivity contribution < 1.29 is 19.1 Å². The van der Waals surface area contributed by atoms with Crippen molar-refractivity contribution in [2.75, 3.05) is 18.5 Å². The molecule has 0 fully saturated rings. The molecule has 24 heavy (non-hydrogen) atoms. The van der Waals surface area contributed by atoms with E-state index in [9.17, 15) is 9.59 Å². The van der Waals surface area contributed by atoms with Crippen molar-refractivity contribution in [1.29, 1.82) is 0 Å². The van der Waals surface area contributed by atoms with E-state index in [2.05, 4.69) is 21.2 Å². The Morgan fingerprint density at radius 2 is 1.83 bits per heavy atom. The second kappa shape index (κ2) is 8.30. The van der Waals surface area contributed by atoms with Crippen LogP contribution in [0.4, 0.5) is 5.00 Å². The second-order valence-electron chi connectivity index (χ2n) is 5.11. The first-order valence-corrected chi connectivity index (χ1v) is 8.92. The number of carbonyl (C=O) groups excluding carboxylic acids is 2. The molecule has 2 aromatic rings. The Bertz CT molecular complexity index is 740. The molecular formula is C17H18BrNO4S. The molecule has 0 saturated heterocycles. The van der Waals surface area contributed by atoms with Gasteiger partial charge in [0, 0.05) is 16.3 Å². The Balaban J connectivity index is 1.92. The van der Waals surface area contributed by atoms with Gasteiger partial charge in [-0.1, -0.05) is 15.9 Å². The smallest absolute Gasteiger partial charge is 0.341 e. The van der Waals surface area contributed by atoms with Gasteiger partial charge in [-0.05, 0) is 43.7 Å². The maximum absolute atomic E-state index is 12.3. The molecule has 128 valence electrons. The van der Waals surface area contributed by atoms with E-state index in [1.807, 2.05) is 38.1 Å². The van der Waals surface area contributed by atoms with Crippen LogP contribution in [-0.2, 0) is 9.53 Å². The van der Waals surface area contributed by atoms with Crippen LogP contribution in [0, 0.1) is 13.8 Å². The summed E-state index contributed by atoms with van der Waals surface area (Å²) < 4.78 is 11.8. The number of aryl methyl sites for hydroxylation is 1. The van der Waals surface area contributed by atoms with Crippen LogP contribution in [0.2, 0.25) is 0 Å². The average molecular weight is 412 g/mol. The normalized spacial score (nSPS) is 10.3. The summed E-state index contributed by atoms with van der Waals surface area (Å²) in [6, 6.07) is 7.40. The third-order valence-electron chi connectivity index (χ3n) is 3.28. The number of halogens is 1. The molecule has 1 N–H and O–H groups in total. The molecule has 0 bridgehead atoms. The Hall–Kier alpha value is -1.86. The van der Waals surface area contributed by atoms with Crippen LogP contribution < -0.4 is 10.1 Å². The van der Waals surface area contributed by atoms with Gasteiger partial charge in [0.2, 0.25) is 5.91 Å². The predicted molar refractivity (Wildman–Crippen MR) is 98.0 cm³/mol. The highest BCUT2D eigenvalue weighted by Gasteiger charge is 2.21. The number of benzene rings is 1. The highest BCUT2D eigenvalue weighted by molar-refractivity contribution is 9.10. The molecule has 0 aliphatic heterocycles. The van der Waals surface area contributed by atoms with E-state index in [0.29, 0.717) is 16.3 Å². The van der Waals surface area contributed by atoms with Gasteiger partial charge in [-0.15, -0.1) is 11.3 Å². The van der Waals surface area contributed by atoms with Crippen molar-refractivity contribution in [3.05, 3.63) is 44.7 Å². The number of hydrogen-bond donors (Lipinski definition) is 1. The van der Waals surface area contributed by atoms with Gasteiger partial charge in [0.15, 0.2) is 0 Å². The first kappa shape index (κ1) is 18.5. The molecule has 1 aromatic carbocycles. The van der Waals surface area contributed by atoms with Crippen LogP contribution in [-0.4, -0.2) is 25.1 Å². The van der Waals surface area contributed by atoms with Gasteiger partial charge < -0.3 is 14.8 Å². The minimum atomic E-state index is -0.458. The fraction of sp³-hybridized carbons (Fsp3) is 0.294. The average Bonchev–Trinajstić information content (AvgIpc) is 2.79. The summed E-state index contributed by atoms with van der Waals surface area (Å²) in [5, 5.41) is 3.20. The highest BCUT2D eigenvalue weighted by atomic mass is 79.9. The van der Waals surface area contributed by atoms with Crippen molar-refractivity contribution in [2.24, 2.45) is 0 Å². The van der Waals surface area contributed by atoms with Gasteiger partial charge in [0.05, 0.1) is 5.56 Å². The van der Waals surface area contributed by atoms with Crippen LogP contribution in [0.5, 0.6) is 5.75 Å². The summed E-state index contributed by atoms with van der Waals surface area (Å²) >= 11 is 4.72. The molecule has 0 unspecified atom stereocenters. The van der Waals surface area contributed by atoms with E-state index in [1.54, 1.807) is 0 Å². The summed E-state index contributed by atoms with van der Waals surface area (Å²) in [4.78, 5) is 24.5. The largest absolute Gasteiger partial charge is 0.490 e. The van der Waals surface area contributed by atoms with Crippen molar-refractivity contribution in [1.82, 2.24) is 0 Å². The van der Waals surface area contributed by atoms with Crippen molar-refractivity contribution in [2.45, 2.75) is 20.8 Å². The zero-order valence-electron chi connectivity index (χ0n) is 13.6. The van der Waals surface area contributed by atoms with E-state index in [1.165, 1.54) is 18.3 Å². The standard InChI is InChI=1S/C17H18BrNO4S/c1-10-11(2)24-16(19-12(3)20)15(10)17(21)23-9-8-22-14-6-4-13(18)5-7-14/h4-7H,8-9H2,1-3H3,(H,19,20). The first-order chi connectivity index (χ1) is 11.4. The van der Waals surface area contributed by atoms with Crippen LogP contribution >= 0.6 is 27.3 Å². The molecule has 0 aliphatic rings. The molecule has 2 rings (SSSR count). The summed E-state index contributed by atoms with van der Waals surface area (Å²) in [6.45, 7) is 5.53. The lowest BCUT2D eigenvalue weighted by Gasteiger charge is -2.09. The summed E-state index contributed by atoms with van der Waals surface area (Å²) in [6.07, 6.45) is 0. The molecule has 0 spiro atoms. The first-order valence-electron chi connectivity index (χ1n) is 7.31. The number of nitrogens with one attached hydrogen (secondary N) is 1. The number of hydrogen-bond acceptors (Lipinski definition) is 5. The van der Waals surface area contributed by atoms with Crippen LogP contribution in [0.25, 0.3) is 0 Å². The van der Waals surface area contributed by atoms with E-state index < -0.39 is 5.97 Å². The van der Waals surface area contributed by atoms with Crippen molar-refractivity contribution in [3.63, 3.8) is 0 Å². The number of esters is 1. The molecular weight excluding hydrogens is 394 g/mol. The minimum Gasteiger partial charge on any atom is -0.490 e. The number of rotatable bonds is 6. The lowest BCUT2D eigenvalue weighted by molar-refractivity contribution is -0.114. The third-order valence-corrected chi connectivity index (χ3v) is 4.93. The fourth-order valence-corrected chi connectivity index (χ4v) is 3.38. The Kier molecular flexibility index (Phi) is 6.39. The lowest BCUT2D eigenvalue weighted by Crippen LogP contribution is -2.15. The summed E-state index contributed by atoms with van der Waals surface area (Å²) in [7, 11) is 0. The van der Waals surface area contributed by atoms with E-state index in [0.717, 1.165) is 14.9 Å². The van der Waals surface area contributed by atoms with Gasteiger partial charge in [0.25, 0.3) is 0 Å². The van der Waals surface area contributed by atoms with Crippen LogP contribution in [0.1, 0.15) is 27.7 Å². The number of anilines is 1. The second-order valence-corrected chi connectivity index (χ2v) is 7.25. The zero-order valence-corrected chi connectivity index (χ0v) is 16.0. The van der Waals surface area contributed by atoms with Crippen LogP contribution in [0.3, 0.4) is 0 Å². The predicted octanol–water partition coefficient (Wildman–Crippen LogP) is 4.32. The minimum absolute atomic E-state index is 0.128. The van der Waals surface area contributed by atoms with E-state index in [4.69, 9.17) is 9.47 Å².